The van der Waals surface area contributed by atoms with Crippen LogP contribution in [0.5, 0.6) is 0 Å². The SMILES string of the molecule is NC(N)(c1ccccc1)P(=O)(O)O. The van der Waals surface area contributed by atoms with E-state index in [-0.39, 0.29) is 5.56 Å². The van der Waals surface area contributed by atoms with Gasteiger partial charge in [0.15, 0.2) is 5.40 Å². The van der Waals surface area contributed by atoms with Crippen molar-refractivity contribution in [3.8, 4) is 0 Å². The van der Waals surface area contributed by atoms with E-state index in [4.69, 9.17) is 21.3 Å². The van der Waals surface area contributed by atoms with Crippen LogP contribution in [0.15, 0.2) is 30.3 Å². The maximum Gasteiger partial charge on any atom is 0.364 e. The summed E-state index contributed by atoms with van der Waals surface area (Å²) in [4.78, 5) is 17.7. The summed E-state index contributed by atoms with van der Waals surface area (Å²) in [5.74, 6) is 0. The Labute approximate surface area is 75.5 Å². The third kappa shape index (κ3) is 1.96. The summed E-state index contributed by atoms with van der Waals surface area (Å²) in [7, 11) is -4.53. The summed E-state index contributed by atoms with van der Waals surface area (Å²) in [5.41, 5.74) is 10.9. The molecule has 0 aliphatic carbocycles. The fourth-order valence-corrected chi connectivity index (χ4v) is 1.36. The second-order valence-corrected chi connectivity index (χ2v) is 4.56. The van der Waals surface area contributed by atoms with Gasteiger partial charge < -0.3 is 9.79 Å². The van der Waals surface area contributed by atoms with Gasteiger partial charge in [0.05, 0.1) is 0 Å². The van der Waals surface area contributed by atoms with Crippen LogP contribution in [0.25, 0.3) is 0 Å². The van der Waals surface area contributed by atoms with Gasteiger partial charge >= 0.3 is 7.60 Å². The number of nitrogens with two attached hydrogens (primary N) is 2. The average Bonchev–Trinajstić information content (AvgIpc) is 2.04. The summed E-state index contributed by atoms with van der Waals surface area (Å²) in [6.45, 7) is 0. The smallest absolute Gasteiger partial charge is 0.322 e. The van der Waals surface area contributed by atoms with Crippen LogP contribution in [-0.2, 0) is 9.97 Å². The van der Waals surface area contributed by atoms with Crippen LogP contribution < -0.4 is 11.5 Å². The Morgan fingerprint density at radius 2 is 1.62 bits per heavy atom. The Hall–Kier alpha value is -0.710. The second-order valence-electron chi connectivity index (χ2n) is 2.74. The van der Waals surface area contributed by atoms with E-state index in [1.807, 2.05) is 0 Å². The van der Waals surface area contributed by atoms with E-state index in [0.29, 0.717) is 0 Å². The van der Waals surface area contributed by atoms with Gasteiger partial charge in [-0.15, -0.1) is 0 Å². The highest BCUT2D eigenvalue weighted by Crippen LogP contribution is 2.49. The van der Waals surface area contributed by atoms with Crippen molar-refractivity contribution in [3.05, 3.63) is 35.9 Å². The lowest BCUT2D eigenvalue weighted by Crippen LogP contribution is -2.45. The van der Waals surface area contributed by atoms with E-state index in [1.165, 1.54) is 12.1 Å². The number of rotatable bonds is 2. The third-order valence-electron chi connectivity index (χ3n) is 1.72. The minimum Gasteiger partial charge on any atom is -0.322 e. The molecule has 0 spiro atoms. The Kier molecular flexibility index (Phi) is 2.56. The lowest BCUT2D eigenvalue weighted by Gasteiger charge is -2.25. The van der Waals surface area contributed by atoms with Crippen molar-refractivity contribution in [2.75, 3.05) is 0 Å². The molecule has 0 saturated carbocycles. The molecule has 0 heterocycles. The molecular formula is C7H11N2O3P. The first-order valence-corrected chi connectivity index (χ1v) is 5.16. The zero-order valence-corrected chi connectivity index (χ0v) is 7.69. The predicted molar refractivity (Wildman–Crippen MR) is 48.5 cm³/mol. The van der Waals surface area contributed by atoms with Crippen molar-refractivity contribution >= 4 is 7.60 Å². The largest absolute Gasteiger partial charge is 0.364 e. The maximum atomic E-state index is 10.9. The van der Waals surface area contributed by atoms with Crippen LogP contribution in [0, 0.1) is 0 Å². The molecule has 0 fully saturated rings. The van der Waals surface area contributed by atoms with E-state index >= 15 is 0 Å². The topological polar surface area (TPSA) is 110 Å². The van der Waals surface area contributed by atoms with E-state index < -0.39 is 13.0 Å². The molecular weight excluding hydrogens is 191 g/mol. The van der Waals surface area contributed by atoms with Crippen molar-refractivity contribution < 1.29 is 14.4 Å². The number of hydrogen-bond donors (Lipinski definition) is 4. The molecule has 0 aliphatic rings. The first kappa shape index (κ1) is 10.4. The summed E-state index contributed by atoms with van der Waals surface area (Å²) in [6.07, 6.45) is 0. The third-order valence-corrected chi connectivity index (χ3v) is 2.94. The summed E-state index contributed by atoms with van der Waals surface area (Å²) >= 11 is 0. The van der Waals surface area contributed by atoms with Gasteiger partial charge in [0, 0.05) is 0 Å². The fraction of sp³-hybridized carbons (Fsp3) is 0.143. The molecule has 0 saturated heterocycles. The van der Waals surface area contributed by atoms with Gasteiger partial charge in [-0.25, -0.2) is 0 Å². The minimum atomic E-state index is -4.53. The van der Waals surface area contributed by atoms with Gasteiger partial charge in [0.25, 0.3) is 0 Å². The molecule has 0 amide bonds. The van der Waals surface area contributed by atoms with Crippen LogP contribution in [0.3, 0.4) is 0 Å². The molecule has 0 radical (unpaired) electrons. The van der Waals surface area contributed by atoms with Crippen molar-refractivity contribution in [3.63, 3.8) is 0 Å². The molecule has 0 aromatic heterocycles. The molecule has 1 rings (SSSR count). The van der Waals surface area contributed by atoms with Crippen molar-refractivity contribution in [2.24, 2.45) is 11.5 Å². The molecule has 0 unspecified atom stereocenters. The van der Waals surface area contributed by atoms with Gasteiger partial charge in [0.2, 0.25) is 0 Å². The Morgan fingerprint density at radius 3 is 2.00 bits per heavy atom. The van der Waals surface area contributed by atoms with Crippen molar-refractivity contribution in [1.82, 2.24) is 0 Å². The molecule has 0 atom stereocenters. The lowest BCUT2D eigenvalue weighted by atomic mass is 10.2. The van der Waals surface area contributed by atoms with E-state index in [0.717, 1.165) is 0 Å². The van der Waals surface area contributed by atoms with Crippen LogP contribution in [-0.4, -0.2) is 9.79 Å². The molecule has 0 aliphatic heterocycles. The first-order chi connectivity index (χ1) is 5.86. The number of hydrogen-bond acceptors (Lipinski definition) is 3. The monoisotopic (exact) mass is 202 g/mol. The summed E-state index contributed by atoms with van der Waals surface area (Å²) in [5, 5.41) is -2.10. The van der Waals surface area contributed by atoms with Crippen LogP contribution in [0.4, 0.5) is 0 Å². The van der Waals surface area contributed by atoms with Crippen LogP contribution >= 0.6 is 7.60 Å². The highest BCUT2D eigenvalue weighted by atomic mass is 31.2. The molecule has 6 N–H and O–H groups in total. The highest BCUT2D eigenvalue weighted by Gasteiger charge is 2.40. The lowest BCUT2D eigenvalue weighted by molar-refractivity contribution is 0.328. The molecule has 13 heavy (non-hydrogen) atoms. The van der Waals surface area contributed by atoms with Crippen LogP contribution in [0.2, 0.25) is 0 Å². The molecule has 72 valence electrons. The van der Waals surface area contributed by atoms with Gasteiger partial charge in [0.1, 0.15) is 0 Å². The van der Waals surface area contributed by atoms with E-state index in [2.05, 4.69) is 0 Å². The highest BCUT2D eigenvalue weighted by molar-refractivity contribution is 7.53. The Bertz CT molecular complexity index is 333. The molecule has 5 nitrogen and oxygen atoms in total. The Balaban J connectivity index is 3.16. The summed E-state index contributed by atoms with van der Waals surface area (Å²) in [6, 6.07) is 7.87. The van der Waals surface area contributed by atoms with Gasteiger partial charge in [-0.3, -0.25) is 16.0 Å². The van der Waals surface area contributed by atoms with Crippen molar-refractivity contribution in [2.45, 2.75) is 5.40 Å². The van der Waals surface area contributed by atoms with E-state index in [9.17, 15) is 4.57 Å². The quantitative estimate of drug-likeness (QED) is 0.395. The van der Waals surface area contributed by atoms with Crippen LogP contribution in [0.1, 0.15) is 5.56 Å². The molecule has 1 aromatic rings. The fourth-order valence-electron chi connectivity index (χ4n) is 0.873. The van der Waals surface area contributed by atoms with E-state index in [1.54, 1.807) is 18.2 Å². The molecule has 1 aromatic carbocycles. The molecule has 6 heteroatoms. The number of benzene rings is 1. The second kappa shape index (κ2) is 3.21. The van der Waals surface area contributed by atoms with Crippen molar-refractivity contribution in [1.29, 1.82) is 0 Å². The normalized spacial score (nSPS) is 12.9. The standard InChI is InChI=1S/C7H11N2O3P/c8-7(9,13(10,11)12)6-4-2-1-3-5-6/h1-5H,8-9H2,(H2,10,11,12). The minimum absolute atomic E-state index is 0.211. The first-order valence-electron chi connectivity index (χ1n) is 3.54. The zero-order chi connectivity index (χ0) is 10.1. The summed E-state index contributed by atoms with van der Waals surface area (Å²) < 4.78 is 10.9. The van der Waals surface area contributed by atoms with Gasteiger partial charge in [-0.05, 0) is 5.56 Å². The maximum absolute atomic E-state index is 10.9. The zero-order valence-electron chi connectivity index (χ0n) is 6.79. The Morgan fingerprint density at radius 1 is 1.15 bits per heavy atom. The predicted octanol–water partition coefficient (Wildman–Crippen LogP) is -0.108. The average molecular weight is 202 g/mol. The molecule has 0 bridgehead atoms. The van der Waals surface area contributed by atoms with Gasteiger partial charge in [-0.1, -0.05) is 30.3 Å². The van der Waals surface area contributed by atoms with Gasteiger partial charge in [-0.2, -0.15) is 0 Å².